The number of nitrogens with one attached hydrogen (secondary N) is 1. The number of hydrogen-bond acceptors (Lipinski definition) is 2. The van der Waals surface area contributed by atoms with Crippen LogP contribution in [0.4, 0.5) is 0 Å². The van der Waals surface area contributed by atoms with Crippen LogP contribution in [0.3, 0.4) is 0 Å². The Hall–Kier alpha value is -1.35. The smallest absolute Gasteiger partial charge is 0.236 e. The Kier molecular flexibility index (Phi) is 3.48. The largest absolute Gasteiger partial charge is 0.337 e. The van der Waals surface area contributed by atoms with Gasteiger partial charge in [0.25, 0.3) is 0 Å². The minimum atomic E-state index is 0.140. The average Bonchev–Trinajstić information content (AvgIpc) is 2.40. The van der Waals surface area contributed by atoms with Crippen LogP contribution in [0.1, 0.15) is 19.4 Å². The van der Waals surface area contributed by atoms with Crippen molar-refractivity contribution in [1.29, 1.82) is 0 Å². The highest BCUT2D eigenvalue weighted by Gasteiger charge is 2.28. The maximum absolute atomic E-state index is 12.0. The predicted molar refractivity (Wildman–Crippen MR) is 68.5 cm³/mol. The maximum Gasteiger partial charge on any atom is 0.236 e. The first kappa shape index (κ1) is 12.1. The summed E-state index contributed by atoms with van der Waals surface area (Å²) in [5, 5.41) is 3.21. The van der Waals surface area contributed by atoms with Crippen LogP contribution in [-0.4, -0.2) is 30.4 Å². The standard InChI is InChI=1S/C14H20N2O/c1-14(2)10-15-8-13(17)16(11-14)9-12-6-4-3-5-7-12/h3-7,15H,8-11H2,1-2H3. The molecule has 0 saturated carbocycles. The first-order valence-corrected chi connectivity index (χ1v) is 6.09. The van der Waals surface area contributed by atoms with Crippen LogP contribution in [0.5, 0.6) is 0 Å². The lowest BCUT2D eigenvalue weighted by molar-refractivity contribution is -0.130. The molecule has 1 saturated heterocycles. The summed E-state index contributed by atoms with van der Waals surface area (Å²) in [6, 6.07) is 10.2. The molecule has 0 radical (unpaired) electrons. The SMILES string of the molecule is CC1(C)CNCC(=O)N(Cc2ccccc2)C1. The molecule has 17 heavy (non-hydrogen) atoms. The fourth-order valence-corrected chi connectivity index (χ4v) is 2.23. The van der Waals surface area contributed by atoms with Gasteiger partial charge in [-0.1, -0.05) is 44.2 Å². The second kappa shape index (κ2) is 4.88. The van der Waals surface area contributed by atoms with Gasteiger partial charge in [0, 0.05) is 19.6 Å². The van der Waals surface area contributed by atoms with Crippen molar-refractivity contribution in [3.05, 3.63) is 35.9 Å². The summed E-state index contributed by atoms with van der Waals surface area (Å²) >= 11 is 0. The van der Waals surface area contributed by atoms with Crippen molar-refractivity contribution in [2.24, 2.45) is 5.41 Å². The van der Waals surface area contributed by atoms with Gasteiger partial charge in [-0.3, -0.25) is 4.79 Å². The van der Waals surface area contributed by atoms with E-state index in [0.717, 1.165) is 13.1 Å². The van der Waals surface area contributed by atoms with E-state index in [-0.39, 0.29) is 11.3 Å². The van der Waals surface area contributed by atoms with E-state index in [0.29, 0.717) is 13.1 Å². The number of hydrogen-bond donors (Lipinski definition) is 1. The zero-order valence-electron chi connectivity index (χ0n) is 10.6. The van der Waals surface area contributed by atoms with Gasteiger partial charge in [0.05, 0.1) is 6.54 Å². The first-order valence-electron chi connectivity index (χ1n) is 6.09. The predicted octanol–water partition coefficient (Wildman–Crippen LogP) is 1.64. The van der Waals surface area contributed by atoms with E-state index < -0.39 is 0 Å². The molecule has 3 heteroatoms. The molecule has 0 atom stereocenters. The Balaban J connectivity index is 2.10. The molecule has 1 fully saturated rings. The van der Waals surface area contributed by atoms with Crippen molar-refractivity contribution in [3.8, 4) is 0 Å². The second-order valence-corrected chi connectivity index (χ2v) is 5.50. The van der Waals surface area contributed by atoms with E-state index >= 15 is 0 Å². The van der Waals surface area contributed by atoms with E-state index in [4.69, 9.17) is 0 Å². The van der Waals surface area contributed by atoms with Crippen molar-refractivity contribution in [3.63, 3.8) is 0 Å². The molecule has 1 heterocycles. The number of amides is 1. The van der Waals surface area contributed by atoms with Crippen LogP contribution < -0.4 is 5.32 Å². The van der Waals surface area contributed by atoms with Gasteiger partial charge in [-0.2, -0.15) is 0 Å². The van der Waals surface area contributed by atoms with Gasteiger partial charge < -0.3 is 10.2 Å². The number of carbonyl (C=O) groups excluding carboxylic acids is 1. The highest BCUT2D eigenvalue weighted by Crippen LogP contribution is 2.19. The normalized spacial score (nSPS) is 20.1. The third-order valence-electron chi connectivity index (χ3n) is 3.07. The summed E-state index contributed by atoms with van der Waals surface area (Å²) in [6.07, 6.45) is 0. The number of nitrogens with zero attached hydrogens (tertiary/aromatic N) is 1. The summed E-state index contributed by atoms with van der Waals surface area (Å²) in [5.41, 5.74) is 1.33. The van der Waals surface area contributed by atoms with Gasteiger partial charge in [-0.15, -0.1) is 0 Å². The van der Waals surface area contributed by atoms with E-state index in [1.54, 1.807) is 0 Å². The summed E-state index contributed by atoms with van der Waals surface area (Å²) in [5.74, 6) is 0.194. The maximum atomic E-state index is 12.0. The van der Waals surface area contributed by atoms with Gasteiger partial charge in [0.1, 0.15) is 0 Å². The summed E-state index contributed by atoms with van der Waals surface area (Å²) in [4.78, 5) is 13.9. The van der Waals surface area contributed by atoms with Gasteiger partial charge in [0.15, 0.2) is 0 Å². The molecule has 0 aliphatic carbocycles. The molecule has 0 unspecified atom stereocenters. The van der Waals surface area contributed by atoms with Gasteiger partial charge in [0.2, 0.25) is 5.91 Å². The molecule has 0 spiro atoms. The average molecular weight is 232 g/mol. The van der Waals surface area contributed by atoms with Gasteiger partial charge in [-0.25, -0.2) is 0 Å². The summed E-state index contributed by atoms with van der Waals surface area (Å²) in [6.45, 7) is 7.26. The first-order chi connectivity index (χ1) is 8.07. The number of benzene rings is 1. The van der Waals surface area contributed by atoms with Crippen LogP contribution in [0.15, 0.2) is 30.3 Å². The van der Waals surface area contributed by atoms with Crippen molar-refractivity contribution in [2.45, 2.75) is 20.4 Å². The highest BCUT2D eigenvalue weighted by molar-refractivity contribution is 5.78. The van der Waals surface area contributed by atoms with Crippen LogP contribution in [0, 0.1) is 5.41 Å². The molecule has 92 valence electrons. The fourth-order valence-electron chi connectivity index (χ4n) is 2.23. The fraction of sp³-hybridized carbons (Fsp3) is 0.500. The lowest BCUT2D eigenvalue weighted by Gasteiger charge is -2.29. The molecule has 3 nitrogen and oxygen atoms in total. The minimum absolute atomic E-state index is 0.140. The van der Waals surface area contributed by atoms with Crippen molar-refractivity contribution in [2.75, 3.05) is 19.6 Å². The lowest BCUT2D eigenvalue weighted by atomic mass is 9.93. The summed E-state index contributed by atoms with van der Waals surface area (Å²) < 4.78 is 0. The Bertz CT molecular complexity index is 386. The molecule has 0 aromatic heterocycles. The van der Waals surface area contributed by atoms with Crippen molar-refractivity contribution in [1.82, 2.24) is 10.2 Å². The quantitative estimate of drug-likeness (QED) is 0.841. The van der Waals surface area contributed by atoms with E-state index in [1.807, 2.05) is 23.1 Å². The topological polar surface area (TPSA) is 32.3 Å². The van der Waals surface area contributed by atoms with Crippen LogP contribution in [-0.2, 0) is 11.3 Å². The Morgan fingerprint density at radius 1 is 1.29 bits per heavy atom. The monoisotopic (exact) mass is 232 g/mol. The van der Waals surface area contributed by atoms with E-state index in [1.165, 1.54) is 5.56 Å². The van der Waals surface area contributed by atoms with E-state index in [9.17, 15) is 4.79 Å². The summed E-state index contributed by atoms with van der Waals surface area (Å²) in [7, 11) is 0. The molecule has 1 aromatic rings. The van der Waals surface area contributed by atoms with Gasteiger partial charge >= 0.3 is 0 Å². The number of carbonyl (C=O) groups is 1. The second-order valence-electron chi connectivity index (χ2n) is 5.50. The molecular formula is C14H20N2O. The molecular weight excluding hydrogens is 212 g/mol. The zero-order chi connectivity index (χ0) is 12.3. The molecule has 1 aliphatic rings. The zero-order valence-corrected chi connectivity index (χ0v) is 10.6. The third-order valence-corrected chi connectivity index (χ3v) is 3.07. The molecule has 1 aliphatic heterocycles. The van der Waals surface area contributed by atoms with Gasteiger partial charge in [-0.05, 0) is 11.0 Å². The molecule has 0 bridgehead atoms. The Morgan fingerprint density at radius 2 is 2.00 bits per heavy atom. The highest BCUT2D eigenvalue weighted by atomic mass is 16.2. The molecule has 1 N–H and O–H groups in total. The third kappa shape index (κ3) is 3.30. The Labute approximate surface area is 103 Å². The molecule has 2 rings (SSSR count). The van der Waals surface area contributed by atoms with Crippen LogP contribution >= 0.6 is 0 Å². The molecule has 1 amide bonds. The lowest BCUT2D eigenvalue weighted by Crippen LogP contribution is -2.37. The minimum Gasteiger partial charge on any atom is -0.337 e. The van der Waals surface area contributed by atoms with Crippen molar-refractivity contribution < 1.29 is 4.79 Å². The Morgan fingerprint density at radius 3 is 2.71 bits per heavy atom. The van der Waals surface area contributed by atoms with Crippen LogP contribution in [0.2, 0.25) is 0 Å². The van der Waals surface area contributed by atoms with Crippen LogP contribution in [0.25, 0.3) is 0 Å². The molecule has 1 aromatic carbocycles. The number of rotatable bonds is 2. The van der Waals surface area contributed by atoms with Crippen molar-refractivity contribution >= 4 is 5.91 Å². The van der Waals surface area contributed by atoms with E-state index in [2.05, 4.69) is 31.3 Å².